The van der Waals surface area contributed by atoms with E-state index < -0.39 is 6.08 Å². The van der Waals surface area contributed by atoms with Crippen LogP contribution in [-0.2, 0) is 6.42 Å². The quantitative estimate of drug-likeness (QED) is 0.456. The maximum absolute atomic E-state index is 13.1. The van der Waals surface area contributed by atoms with Crippen LogP contribution in [0.25, 0.3) is 0 Å². The molecule has 164 valence electrons. The van der Waals surface area contributed by atoms with Gasteiger partial charge in [0.25, 0.3) is 5.91 Å². The Morgan fingerprint density at radius 3 is 2.74 bits per heavy atom. The molecule has 3 rings (SSSR count). The lowest BCUT2D eigenvalue weighted by atomic mass is 10.1. The molecule has 0 spiro atoms. The zero-order valence-corrected chi connectivity index (χ0v) is 18.0. The van der Waals surface area contributed by atoms with Gasteiger partial charge in [-0.05, 0) is 44.2 Å². The van der Waals surface area contributed by atoms with Gasteiger partial charge in [0.05, 0.1) is 0 Å². The topological polar surface area (TPSA) is 114 Å². The molecular formula is C21H24ClN5O4. The lowest BCUT2D eigenvalue weighted by Crippen LogP contribution is -2.38. The highest BCUT2D eigenvalue weighted by Crippen LogP contribution is 2.23. The summed E-state index contributed by atoms with van der Waals surface area (Å²) in [6.45, 7) is 5.16. The number of carbonyl (C=O) groups is 1. The van der Waals surface area contributed by atoms with E-state index >= 15 is 0 Å². The molecular weight excluding hydrogens is 422 g/mol. The van der Waals surface area contributed by atoms with Crippen LogP contribution in [0, 0.1) is 0 Å². The van der Waals surface area contributed by atoms with Crippen molar-refractivity contribution in [3.05, 3.63) is 59.1 Å². The van der Waals surface area contributed by atoms with Gasteiger partial charge in [-0.3, -0.25) is 14.3 Å². The first-order chi connectivity index (χ1) is 14.9. The predicted octanol–water partition coefficient (Wildman–Crippen LogP) is 3.41. The fourth-order valence-electron chi connectivity index (χ4n) is 2.93. The predicted molar refractivity (Wildman–Crippen MR) is 116 cm³/mol. The Kier molecular flexibility index (Phi) is 7.66. The number of nitrogens with zero attached hydrogens (tertiary/aromatic N) is 4. The monoisotopic (exact) mass is 445 g/mol. The van der Waals surface area contributed by atoms with Gasteiger partial charge in [-0.25, -0.2) is 0 Å². The molecule has 0 aliphatic rings. The van der Waals surface area contributed by atoms with E-state index in [1.54, 1.807) is 35.5 Å². The maximum Gasteiger partial charge on any atom is 0.414 e. The van der Waals surface area contributed by atoms with Gasteiger partial charge < -0.3 is 20.1 Å². The number of anilines is 1. The van der Waals surface area contributed by atoms with Crippen molar-refractivity contribution >= 4 is 23.2 Å². The Labute approximate surface area is 185 Å². The Bertz CT molecular complexity index is 996. The molecule has 1 amide bonds. The second-order valence-electron chi connectivity index (χ2n) is 7.02. The number of amides is 1. The fourth-order valence-corrected chi connectivity index (χ4v) is 3.16. The first-order valence-corrected chi connectivity index (χ1v) is 10.2. The molecule has 10 heteroatoms. The van der Waals surface area contributed by atoms with Crippen LogP contribution < -0.4 is 10.1 Å². The Balaban J connectivity index is 1.61. The van der Waals surface area contributed by atoms with Crippen molar-refractivity contribution in [1.82, 2.24) is 20.0 Å². The van der Waals surface area contributed by atoms with E-state index in [0.717, 1.165) is 5.69 Å². The summed E-state index contributed by atoms with van der Waals surface area (Å²) in [4.78, 5) is 22.5. The van der Waals surface area contributed by atoms with Crippen LogP contribution in [0.3, 0.4) is 0 Å². The minimum absolute atomic E-state index is 0.0686. The number of carbonyl (C=O) groups excluding carboxylic acids is 1. The van der Waals surface area contributed by atoms with E-state index in [1.165, 1.54) is 0 Å². The van der Waals surface area contributed by atoms with Gasteiger partial charge in [0.2, 0.25) is 0 Å². The van der Waals surface area contributed by atoms with E-state index in [1.807, 2.05) is 26.0 Å². The van der Waals surface area contributed by atoms with Gasteiger partial charge in [0, 0.05) is 54.2 Å². The molecule has 0 saturated heterocycles. The summed E-state index contributed by atoms with van der Waals surface area (Å²) in [5.74, 6) is 0.650. The van der Waals surface area contributed by atoms with Crippen LogP contribution in [-0.4, -0.2) is 56.8 Å². The van der Waals surface area contributed by atoms with Crippen molar-refractivity contribution < 1.29 is 19.2 Å². The van der Waals surface area contributed by atoms with Crippen LogP contribution in [0.2, 0.25) is 5.02 Å². The van der Waals surface area contributed by atoms with E-state index in [-0.39, 0.29) is 11.9 Å². The molecule has 0 bridgehead atoms. The highest BCUT2D eigenvalue weighted by Gasteiger charge is 2.21. The molecule has 2 N–H and O–H groups in total. The summed E-state index contributed by atoms with van der Waals surface area (Å²) in [5, 5.41) is 16.5. The van der Waals surface area contributed by atoms with Gasteiger partial charge >= 0.3 is 6.08 Å². The summed E-state index contributed by atoms with van der Waals surface area (Å²) in [6.07, 6.45) is 3.27. The van der Waals surface area contributed by atoms with E-state index in [0.29, 0.717) is 48.3 Å². The number of aromatic nitrogens is 3. The summed E-state index contributed by atoms with van der Waals surface area (Å²) < 4.78 is 10.3. The Morgan fingerprint density at radius 1 is 1.29 bits per heavy atom. The van der Waals surface area contributed by atoms with Gasteiger partial charge in [-0.15, -0.1) is 0 Å². The van der Waals surface area contributed by atoms with Gasteiger partial charge in [-0.2, -0.15) is 4.98 Å². The zero-order chi connectivity index (χ0) is 22.2. The minimum atomic E-state index is -0.493. The first-order valence-electron chi connectivity index (χ1n) is 9.82. The lowest BCUT2D eigenvalue weighted by Gasteiger charge is -2.26. The standard InChI is InChI=1S/C21H24ClN5O4/c1-14(2)27(9-5-19-25-21(29)31-26-19)20(28)15-11-16(22)13-18(12-15)30-10-8-24-17-3-6-23-7-4-17/h3-4,6-7,11-14H,5,8-10H2,1-2H3,(H,23,24)(H,25,26,29). The maximum atomic E-state index is 13.1. The second-order valence-corrected chi connectivity index (χ2v) is 7.46. The van der Waals surface area contributed by atoms with Gasteiger partial charge in [-0.1, -0.05) is 16.8 Å². The average molecular weight is 446 g/mol. The summed E-state index contributed by atoms with van der Waals surface area (Å²) in [7, 11) is 0. The summed E-state index contributed by atoms with van der Waals surface area (Å²) in [5.41, 5.74) is 1.37. The summed E-state index contributed by atoms with van der Waals surface area (Å²) >= 11 is 6.23. The molecule has 2 heterocycles. The van der Waals surface area contributed by atoms with E-state index in [2.05, 4.69) is 25.0 Å². The number of nitrogens with one attached hydrogen (secondary N) is 1. The van der Waals surface area contributed by atoms with Crippen LogP contribution in [0.1, 0.15) is 30.0 Å². The number of hydrogen-bond donors (Lipinski definition) is 2. The number of halogens is 1. The normalized spacial score (nSPS) is 10.8. The van der Waals surface area contributed by atoms with Crippen molar-refractivity contribution in [3.8, 4) is 11.8 Å². The largest absolute Gasteiger partial charge is 0.492 e. The van der Waals surface area contributed by atoms with Crippen LogP contribution in [0.4, 0.5) is 5.69 Å². The number of aromatic hydroxyl groups is 1. The smallest absolute Gasteiger partial charge is 0.414 e. The van der Waals surface area contributed by atoms with Crippen molar-refractivity contribution in [2.75, 3.05) is 25.0 Å². The highest BCUT2D eigenvalue weighted by molar-refractivity contribution is 6.31. The zero-order valence-electron chi connectivity index (χ0n) is 17.3. The van der Waals surface area contributed by atoms with E-state index in [4.69, 9.17) is 16.3 Å². The molecule has 0 fully saturated rings. The van der Waals surface area contributed by atoms with E-state index in [9.17, 15) is 9.90 Å². The molecule has 1 aromatic carbocycles. The van der Waals surface area contributed by atoms with Gasteiger partial charge in [0.15, 0.2) is 5.82 Å². The second kappa shape index (κ2) is 10.6. The number of benzene rings is 1. The molecule has 31 heavy (non-hydrogen) atoms. The molecule has 9 nitrogen and oxygen atoms in total. The third-order valence-corrected chi connectivity index (χ3v) is 4.63. The number of ether oxygens (including phenoxy) is 1. The van der Waals surface area contributed by atoms with Crippen LogP contribution in [0.5, 0.6) is 11.8 Å². The summed E-state index contributed by atoms with van der Waals surface area (Å²) in [6, 6.07) is 8.63. The molecule has 0 saturated carbocycles. The average Bonchev–Trinajstić information content (AvgIpc) is 3.16. The molecule has 0 radical (unpaired) electrons. The fraction of sp³-hybridized carbons (Fsp3) is 0.333. The number of hydrogen-bond acceptors (Lipinski definition) is 8. The van der Waals surface area contributed by atoms with Crippen LogP contribution in [0.15, 0.2) is 47.2 Å². The van der Waals surface area contributed by atoms with Crippen LogP contribution >= 0.6 is 11.6 Å². The number of rotatable bonds is 10. The Hall–Kier alpha value is -3.33. The highest BCUT2D eigenvalue weighted by atomic mass is 35.5. The SMILES string of the molecule is CC(C)N(CCc1noc(O)n1)C(=O)c1cc(Cl)cc(OCCNc2ccncc2)c1. The third kappa shape index (κ3) is 6.58. The molecule has 2 aromatic heterocycles. The van der Waals surface area contributed by atoms with Crippen molar-refractivity contribution in [1.29, 1.82) is 0 Å². The van der Waals surface area contributed by atoms with Crippen molar-refractivity contribution in [2.24, 2.45) is 0 Å². The molecule has 3 aromatic rings. The molecule has 0 aliphatic heterocycles. The Morgan fingerprint density at radius 2 is 2.06 bits per heavy atom. The molecule has 0 atom stereocenters. The first kappa shape index (κ1) is 22.4. The minimum Gasteiger partial charge on any atom is -0.492 e. The van der Waals surface area contributed by atoms with Crippen molar-refractivity contribution in [3.63, 3.8) is 0 Å². The molecule has 0 aliphatic carbocycles. The van der Waals surface area contributed by atoms with Gasteiger partial charge in [0.1, 0.15) is 12.4 Å². The third-order valence-electron chi connectivity index (χ3n) is 4.42. The van der Waals surface area contributed by atoms with Crippen molar-refractivity contribution in [2.45, 2.75) is 26.3 Å². The lowest BCUT2D eigenvalue weighted by molar-refractivity contribution is 0.0706. The number of pyridine rings is 1. The molecule has 0 unspecified atom stereocenters.